The number of aryl methyl sites for hydroxylation is 1. The molecule has 1 amide bonds. The molecule has 1 unspecified atom stereocenters. The van der Waals surface area contributed by atoms with E-state index in [2.05, 4.69) is 36.4 Å². The van der Waals surface area contributed by atoms with Crippen LogP contribution >= 0.6 is 15.9 Å². The molecular formula is C13H15BrN4O2. The van der Waals surface area contributed by atoms with E-state index in [1.807, 2.05) is 31.2 Å². The molecule has 0 fully saturated rings. The van der Waals surface area contributed by atoms with E-state index in [-0.39, 0.29) is 24.1 Å². The van der Waals surface area contributed by atoms with E-state index in [0.29, 0.717) is 12.2 Å². The molecule has 0 radical (unpaired) electrons. The van der Waals surface area contributed by atoms with Crippen molar-refractivity contribution in [1.29, 1.82) is 0 Å². The summed E-state index contributed by atoms with van der Waals surface area (Å²) < 4.78 is 1.00. The summed E-state index contributed by atoms with van der Waals surface area (Å²) in [7, 11) is 0. The second-order valence-electron chi connectivity index (χ2n) is 4.47. The van der Waals surface area contributed by atoms with Gasteiger partial charge in [-0.05, 0) is 24.6 Å². The van der Waals surface area contributed by atoms with Crippen LogP contribution in [0.5, 0.6) is 0 Å². The Bertz CT molecular complexity index is 632. The van der Waals surface area contributed by atoms with Crippen molar-refractivity contribution in [3.05, 3.63) is 50.6 Å². The highest BCUT2D eigenvalue weighted by Gasteiger charge is 2.10. The molecule has 1 aromatic heterocycles. The van der Waals surface area contributed by atoms with E-state index in [9.17, 15) is 9.59 Å². The summed E-state index contributed by atoms with van der Waals surface area (Å²) in [6.45, 7) is 1.93. The maximum Gasteiger partial charge on any atom is 0.340 e. The number of halogens is 1. The lowest BCUT2D eigenvalue weighted by atomic mass is 10.1. The number of aromatic amines is 2. The number of carbonyl (C=O) groups excluding carboxylic acids is 1. The molecule has 0 spiro atoms. The summed E-state index contributed by atoms with van der Waals surface area (Å²) in [5.74, 6) is 0.408. The van der Waals surface area contributed by atoms with Gasteiger partial charge in [0.05, 0.1) is 6.04 Å². The molecule has 1 atom stereocenters. The molecule has 0 aliphatic heterocycles. The zero-order valence-corrected chi connectivity index (χ0v) is 12.5. The molecule has 0 bridgehead atoms. The van der Waals surface area contributed by atoms with Crippen molar-refractivity contribution >= 4 is 21.8 Å². The Hall–Kier alpha value is -1.89. The van der Waals surface area contributed by atoms with Crippen molar-refractivity contribution < 1.29 is 4.79 Å². The average molecular weight is 339 g/mol. The van der Waals surface area contributed by atoms with Crippen LogP contribution in [-0.2, 0) is 11.2 Å². The average Bonchev–Trinajstić information content (AvgIpc) is 2.83. The quantitative estimate of drug-likeness (QED) is 0.774. The fraction of sp³-hybridized carbons (Fsp3) is 0.308. The molecule has 20 heavy (non-hydrogen) atoms. The summed E-state index contributed by atoms with van der Waals surface area (Å²) in [5.41, 5.74) is 0.679. The smallest absolute Gasteiger partial charge is 0.340 e. The van der Waals surface area contributed by atoms with Crippen LogP contribution in [0.15, 0.2) is 33.5 Å². The molecule has 6 nitrogen and oxygen atoms in total. The topological polar surface area (TPSA) is 90.6 Å². The first-order valence-corrected chi connectivity index (χ1v) is 7.02. The first-order chi connectivity index (χ1) is 9.54. The number of aromatic nitrogens is 3. The number of rotatable bonds is 5. The number of carbonyl (C=O) groups is 1. The molecule has 0 saturated heterocycles. The molecule has 3 N–H and O–H groups in total. The van der Waals surface area contributed by atoms with Gasteiger partial charge in [-0.2, -0.15) is 5.10 Å². The van der Waals surface area contributed by atoms with E-state index >= 15 is 0 Å². The van der Waals surface area contributed by atoms with Crippen molar-refractivity contribution in [3.63, 3.8) is 0 Å². The minimum atomic E-state index is -0.358. The Morgan fingerprint density at radius 2 is 2.10 bits per heavy atom. The van der Waals surface area contributed by atoms with Gasteiger partial charge >= 0.3 is 5.69 Å². The number of nitrogens with one attached hydrogen (secondary N) is 3. The van der Waals surface area contributed by atoms with Gasteiger partial charge < -0.3 is 5.32 Å². The maximum atomic E-state index is 11.8. The Labute approximate surface area is 124 Å². The van der Waals surface area contributed by atoms with Gasteiger partial charge in [-0.25, -0.2) is 9.89 Å². The lowest BCUT2D eigenvalue weighted by Gasteiger charge is -2.14. The number of benzene rings is 1. The molecule has 106 valence electrons. The van der Waals surface area contributed by atoms with Gasteiger partial charge in [0.1, 0.15) is 5.82 Å². The predicted octanol–water partition coefficient (Wildman–Crippen LogP) is 1.67. The van der Waals surface area contributed by atoms with E-state index in [4.69, 9.17) is 0 Å². The van der Waals surface area contributed by atoms with Gasteiger partial charge in [-0.1, -0.05) is 28.1 Å². The molecule has 7 heteroatoms. The van der Waals surface area contributed by atoms with Crippen LogP contribution in [0.1, 0.15) is 30.8 Å². The first kappa shape index (κ1) is 14.5. The number of nitrogens with zero attached hydrogens (tertiary/aromatic N) is 1. The Kier molecular flexibility index (Phi) is 4.73. The molecule has 1 heterocycles. The highest BCUT2D eigenvalue weighted by molar-refractivity contribution is 9.10. The van der Waals surface area contributed by atoms with Crippen molar-refractivity contribution in [2.24, 2.45) is 0 Å². The van der Waals surface area contributed by atoms with E-state index < -0.39 is 0 Å². The molecule has 1 aromatic carbocycles. The number of hydrogen-bond donors (Lipinski definition) is 3. The second kappa shape index (κ2) is 6.51. The monoisotopic (exact) mass is 338 g/mol. The van der Waals surface area contributed by atoms with Crippen LogP contribution in [0.25, 0.3) is 0 Å². The molecule has 0 aliphatic carbocycles. The van der Waals surface area contributed by atoms with Crippen molar-refractivity contribution in [2.75, 3.05) is 0 Å². The Morgan fingerprint density at radius 3 is 2.70 bits per heavy atom. The third-order valence-electron chi connectivity index (χ3n) is 2.89. The lowest BCUT2D eigenvalue weighted by Crippen LogP contribution is -2.26. The van der Waals surface area contributed by atoms with Crippen molar-refractivity contribution in [3.8, 4) is 0 Å². The largest absolute Gasteiger partial charge is 0.350 e. The first-order valence-electron chi connectivity index (χ1n) is 6.23. The van der Waals surface area contributed by atoms with Crippen LogP contribution in [0.3, 0.4) is 0 Å². The lowest BCUT2D eigenvalue weighted by molar-refractivity contribution is -0.121. The van der Waals surface area contributed by atoms with E-state index in [1.54, 1.807) is 0 Å². The van der Waals surface area contributed by atoms with E-state index in [1.165, 1.54) is 0 Å². The molecule has 0 aliphatic rings. The summed E-state index contributed by atoms with van der Waals surface area (Å²) in [6.07, 6.45) is 0.680. The van der Waals surface area contributed by atoms with Crippen LogP contribution in [0.2, 0.25) is 0 Å². The fourth-order valence-corrected chi connectivity index (χ4v) is 2.07. The highest BCUT2D eigenvalue weighted by Crippen LogP contribution is 2.16. The van der Waals surface area contributed by atoms with Gasteiger partial charge in [-0.3, -0.25) is 9.78 Å². The third-order valence-corrected chi connectivity index (χ3v) is 3.42. The summed E-state index contributed by atoms with van der Waals surface area (Å²) >= 11 is 3.37. The minimum Gasteiger partial charge on any atom is -0.350 e. The standard InChI is InChI=1S/C13H15BrN4O2/c1-8(9-2-4-10(14)5-3-9)15-12(19)7-6-11-16-13(20)18-17-11/h2-5,8H,6-7H2,1H3,(H,15,19)(H2,16,17,18,20). The predicted molar refractivity (Wildman–Crippen MR) is 78.2 cm³/mol. The van der Waals surface area contributed by atoms with Crippen molar-refractivity contribution in [1.82, 2.24) is 20.5 Å². The highest BCUT2D eigenvalue weighted by atomic mass is 79.9. The van der Waals surface area contributed by atoms with Crippen LogP contribution in [0.4, 0.5) is 0 Å². The van der Waals surface area contributed by atoms with Gasteiger partial charge in [0.15, 0.2) is 0 Å². The summed E-state index contributed by atoms with van der Waals surface area (Å²) in [5, 5.41) is 8.93. The molecule has 0 saturated carbocycles. The minimum absolute atomic E-state index is 0.0613. The van der Waals surface area contributed by atoms with Gasteiger partial charge in [0, 0.05) is 17.3 Å². The van der Waals surface area contributed by atoms with Gasteiger partial charge in [0.2, 0.25) is 5.91 Å². The number of hydrogen-bond acceptors (Lipinski definition) is 3. The molecule has 2 rings (SSSR count). The number of amides is 1. The molecule has 2 aromatic rings. The van der Waals surface area contributed by atoms with Crippen molar-refractivity contribution in [2.45, 2.75) is 25.8 Å². The van der Waals surface area contributed by atoms with Gasteiger partial charge in [0.25, 0.3) is 0 Å². The zero-order chi connectivity index (χ0) is 14.5. The van der Waals surface area contributed by atoms with Crippen LogP contribution < -0.4 is 11.0 Å². The molecular weight excluding hydrogens is 324 g/mol. The van der Waals surface area contributed by atoms with Crippen LogP contribution in [0, 0.1) is 0 Å². The SMILES string of the molecule is CC(NC(=O)CCc1n[nH]c(=O)[nH]1)c1ccc(Br)cc1. The summed E-state index contributed by atoms with van der Waals surface area (Å²) in [6, 6.07) is 7.73. The fourth-order valence-electron chi connectivity index (χ4n) is 1.80. The number of H-pyrrole nitrogens is 2. The van der Waals surface area contributed by atoms with Crippen LogP contribution in [-0.4, -0.2) is 21.1 Å². The normalized spacial score (nSPS) is 12.1. The maximum absolute atomic E-state index is 11.8. The Morgan fingerprint density at radius 1 is 1.40 bits per heavy atom. The third kappa shape index (κ3) is 4.06. The summed E-state index contributed by atoms with van der Waals surface area (Å²) in [4.78, 5) is 25.2. The Balaban J connectivity index is 1.84. The second-order valence-corrected chi connectivity index (χ2v) is 5.38. The van der Waals surface area contributed by atoms with Gasteiger partial charge in [-0.15, -0.1) is 0 Å². The zero-order valence-electron chi connectivity index (χ0n) is 10.9. The van der Waals surface area contributed by atoms with E-state index in [0.717, 1.165) is 10.0 Å².